The van der Waals surface area contributed by atoms with Crippen molar-refractivity contribution in [2.24, 2.45) is 5.73 Å². The molecule has 0 aliphatic carbocycles. The molecule has 3 heteroatoms. The van der Waals surface area contributed by atoms with Crippen molar-refractivity contribution in [3.05, 3.63) is 53.2 Å². The zero-order chi connectivity index (χ0) is 14.8. The van der Waals surface area contributed by atoms with Crippen molar-refractivity contribution in [2.75, 3.05) is 0 Å². The van der Waals surface area contributed by atoms with Crippen molar-refractivity contribution < 1.29 is 4.74 Å². The molecule has 0 bridgehead atoms. The molecule has 1 aromatic carbocycles. The van der Waals surface area contributed by atoms with Crippen LogP contribution >= 0.6 is 0 Å². The summed E-state index contributed by atoms with van der Waals surface area (Å²) in [6.45, 7) is 8.92. The third-order valence-corrected chi connectivity index (χ3v) is 3.11. The molecule has 0 unspecified atom stereocenters. The minimum Gasteiger partial charge on any atom is -0.439 e. The van der Waals surface area contributed by atoms with E-state index in [1.54, 1.807) is 0 Å². The van der Waals surface area contributed by atoms with Crippen LogP contribution in [0.5, 0.6) is 11.6 Å². The van der Waals surface area contributed by atoms with Crippen LogP contribution in [-0.2, 0) is 12.0 Å². The Hall–Kier alpha value is -1.87. The fraction of sp³-hybridized carbons (Fsp3) is 0.353. The van der Waals surface area contributed by atoms with Gasteiger partial charge in [0.05, 0.1) is 5.69 Å². The van der Waals surface area contributed by atoms with Gasteiger partial charge in [-0.25, -0.2) is 4.98 Å². The van der Waals surface area contributed by atoms with E-state index in [4.69, 9.17) is 10.5 Å². The third-order valence-electron chi connectivity index (χ3n) is 3.11. The zero-order valence-electron chi connectivity index (χ0n) is 12.6. The highest BCUT2D eigenvalue weighted by molar-refractivity contribution is 5.33. The summed E-state index contributed by atoms with van der Waals surface area (Å²) in [5, 5.41) is 0. The molecule has 2 aromatic rings. The number of nitrogens with two attached hydrogens (primary N) is 1. The molecule has 0 spiro atoms. The van der Waals surface area contributed by atoms with Gasteiger partial charge in [0.15, 0.2) is 0 Å². The van der Waals surface area contributed by atoms with Crippen molar-refractivity contribution >= 4 is 0 Å². The number of pyridine rings is 1. The second-order valence-electron chi connectivity index (χ2n) is 6.07. The van der Waals surface area contributed by atoms with E-state index in [0.717, 1.165) is 17.0 Å². The van der Waals surface area contributed by atoms with Gasteiger partial charge in [-0.05, 0) is 30.7 Å². The standard InChI is InChI=1S/C17H22N2O/c1-12-5-7-14(8-6-12)20-16-10-13(11-18)9-15(19-16)17(2,3)4/h5-10H,11,18H2,1-4H3. The number of aryl methyl sites for hydroxylation is 1. The van der Waals surface area contributed by atoms with Crippen molar-refractivity contribution in [1.29, 1.82) is 0 Å². The molecule has 0 amide bonds. The Kier molecular flexibility index (Phi) is 4.09. The summed E-state index contributed by atoms with van der Waals surface area (Å²) in [5.41, 5.74) is 8.96. The fourth-order valence-corrected chi connectivity index (χ4v) is 1.84. The third kappa shape index (κ3) is 3.58. The van der Waals surface area contributed by atoms with Crippen LogP contribution in [0.15, 0.2) is 36.4 Å². The minimum absolute atomic E-state index is 0.0312. The molecule has 2 rings (SSSR count). The molecular formula is C17H22N2O. The Morgan fingerprint density at radius 3 is 2.30 bits per heavy atom. The topological polar surface area (TPSA) is 48.1 Å². The van der Waals surface area contributed by atoms with Crippen LogP contribution < -0.4 is 10.5 Å². The second-order valence-corrected chi connectivity index (χ2v) is 6.07. The van der Waals surface area contributed by atoms with Crippen LogP contribution in [0.25, 0.3) is 0 Å². The van der Waals surface area contributed by atoms with Gasteiger partial charge in [-0.3, -0.25) is 0 Å². The maximum Gasteiger partial charge on any atom is 0.219 e. The minimum atomic E-state index is -0.0312. The van der Waals surface area contributed by atoms with Crippen LogP contribution in [0.1, 0.15) is 37.6 Å². The molecule has 0 aliphatic heterocycles. The monoisotopic (exact) mass is 270 g/mol. The van der Waals surface area contributed by atoms with Crippen molar-refractivity contribution in [1.82, 2.24) is 4.98 Å². The van der Waals surface area contributed by atoms with E-state index in [2.05, 4.69) is 32.7 Å². The highest BCUT2D eigenvalue weighted by Crippen LogP contribution is 2.27. The number of hydrogen-bond donors (Lipinski definition) is 1. The SMILES string of the molecule is Cc1ccc(Oc2cc(CN)cc(C(C)(C)C)n2)cc1. The summed E-state index contributed by atoms with van der Waals surface area (Å²) in [6, 6.07) is 11.9. The molecule has 106 valence electrons. The molecular weight excluding hydrogens is 248 g/mol. The van der Waals surface area contributed by atoms with E-state index >= 15 is 0 Å². The van der Waals surface area contributed by atoms with Crippen LogP contribution in [0, 0.1) is 6.92 Å². The number of nitrogens with zero attached hydrogens (tertiary/aromatic N) is 1. The number of rotatable bonds is 3. The lowest BCUT2D eigenvalue weighted by atomic mass is 9.91. The highest BCUT2D eigenvalue weighted by atomic mass is 16.5. The summed E-state index contributed by atoms with van der Waals surface area (Å²) in [7, 11) is 0. The Balaban J connectivity index is 2.33. The molecule has 0 radical (unpaired) electrons. The van der Waals surface area contributed by atoms with Gasteiger partial charge in [-0.1, -0.05) is 38.5 Å². The lowest BCUT2D eigenvalue weighted by molar-refractivity contribution is 0.450. The van der Waals surface area contributed by atoms with Gasteiger partial charge in [0.1, 0.15) is 5.75 Å². The predicted molar refractivity (Wildman–Crippen MR) is 82.1 cm³/mol. The first kappa shape index (κ1) is 14.5. The number of aromatic nitrogens is 1. The Bertz CT molecular complexity index is 583. The number of hydrogen-bond acceptors (Lipinski definition) is 3. The van der Waals surface area contributed by atoms with Gasteiger partial charge < -0.3 is 10.5 Å². The zero-order valence-corrected chi connectivity index (χ0v) is 12.6. The van der Waals surface area contributed by atoms with E-state index in [9.17, 15) is 0 Å². The van der Waals surface area contributed by atoms with Crippen molar-refractivity contribution in [3.63, 3.8) is 0 Å². The molecule has 0 saturated carbocycles. The van der Waals surface area contributed by atoms with E-state index in [0.29, 0.717) is 12.4 Å². The molecule has 0 fully saturated rings. The molecule has 0 saturated heterocycles. The van der Waals surface area contributed by atoms with Crippen molar-refractivity contribution in [2.45, 2.75) is 39.7 Å². The number of benzene rings is 1. The lowest BCUT2D eigenvalue weighted by Crippen LogP contribution is -2.15. The van der Waals surface area contributed by atoms with Crippen LogP contribution in [0.3, 0.4) is 0 Å². The smallest absolute Gasteiger partial charge is 0.219 e. The molecule has 3 nitrogen and oxygen atoms in total. The van der Waals surface area contributed by atoms with E-state index < -0.39 is 0 Å². The predicted octanol–water partition coefficient (Wildman–Crippen LogP) is 3.94. The summed E-state index contributed by atoms with van der Waals surface area (Å²) >= 11 is 0. The first-order valence-electron chi connectivity index (χ1n) is 6.84. The molecule has 1 heterocycles. The van der Waals surface area contributed by atoms with E-state index in [-0.39, 0.29) is 5.41 Å². The fourth-order valence-electron chi connectivity index (χ4n) is 1.84. The van der Waals surface area contributed by atoms with E-state index in [1.807, 2.05) is 36.4 Å². The highest BCUT2D eigenvalue weighted by Gasteiger charge is 2.17. The molecule has 1 aromatic heterocycles. The second kappa shape index (κ2) is 5.63. The van der Waals surface area contributed by atoms with Gasteiger partial charge in [-0.15, -0.1) is 0 Å². The largest absolute Gasteiger partial charge is 0.439 e. The average molecular weight is 270 g/mol. The summed E-state index contributed by atoms with van der Waals surface area (Å²) < 4.78 is 5.84. The first-order valence-corrected chi connectivity index (χ1v) is 6.84. The molecule has 2 N–H and O–H groups in total. The summed E-state index contributed by atoms with van der Waals surface area (Å²) in [5.74, 6) is 1.39. The van der Waals surface area contributed by atoms with Gasteiger partial charge in [0, 0.05) is 18.0 Å². The van der Waals surface area contributed by atoms with Crippen molar-refractivity contribution in [3.8, 4) is 11.6 Å². The summed E-state index contributed by atoms with van der Waals surface area (Å²) in [6.07, 6.45) is 0. The van der Waals surface area contributed by atoms with Gasteiger partial charge in [0.2, 0.25) is 5.88 Å². The lowest BCUT2D eigenvalue weighted by Gasteiger charge is -2.19. The van der Waals surface area contributed by atoms with E-state index in [1.165, 1.54) is 5.56 Å². The molecule has 0 aliphatic rings. The quantitative estimate of drug-likeness (QED) is 0.919. The first-order chi connectivity index (χ1) is 9.38. The summed E-state index contributed by atoms with van der Waals surface area (Å²) in [4.78, 5) is 4.59. The van der Waals surface area contributed by atoms with Crippen LogP contribution in [0.4, 0.5) is 0 Å². The van der Waals surface area contributed by atoms with Crippen LogP contribution in [-0.4, -0.2) is 4.98 Å². The maximum absolute atomic E-state index is 5.84. The Morgan fingerprint density at radius 2 is 1.75 bits per heavy atom. The Labute approximate surface area is 120 Å². The van der Waals surface area contributed by atoms with Gasteiger partial charge in [-0.2, -0.15) is 0 Å². The maximum atomic E-state index is 5.84. The normalized spacial score (nSPS) is 11.4. The Morgan fingerprint density at radius 1 is 1.10 bits per heavy atom. The average Bonchev–Trinajstić information content (AvgIpc) is 2.40. The van der Waals surface area contributed by atoms with Gasteiger partial charge in [0.25, 0.3) is 0 Å². The molecule has 20 heavy (non-hydrogen) atoms. The molecule has 0 atom stereocenters. The number of ether oxygens (including phenoxy) is 1. The van der Waals surface area contributed by atoms with Crippen LogP contribution in [0.2, 0.25) is 0 Å². The van der Waals surface area contributed by atoms with Gasteiger partial charge >= 0.3 is 0 Å².